The molecule has 0 aliphatic heterocycles. The van der Waals surface area contributed by atoms with E-state index in [1.165, 1.54) is 11.6 Å². The number of carbonyl (C=O) groups excluding carboxylic acids is 3. The molecule has 1 unspecified atom stereocenters. The molecule has 7 nitrogen and oxygen atoms in total. The lowest BCUT2D eigenvalue weighted by Crippen LogP contribution is -2.24. The summed E-state index contributed by atoms with van der Waals surface area (Å²) < 4.78 is 7.30. The van der Waals surface area contributed by atoms with E-state index in [1.54, 1.807) is 33.2 Å². The number of hydrogen-bond acceptors (Lipinski definition) is 6. The van der Waals surface area contributed by atoms with Crippen LogP contribution < -0.4 is 5.32 Å². The third-order valence-electron chi connectivity index (χ3n) is 3.53. The molecule has 0 fully saturated rings. The quantitative estimate of drug-likeness (QED) is 0.561. The fourth-order valence-electron chi connectivity index (χ4n) is 2.25. The Bertz CT molecular complexity index is 827. The molecule has 0 aliphatic rings. The molecule has 0 bridgehead atoms. The van der Waals surface area contributed by atoms with Crippen LogP contribution in [0.3, 0.4) is 0 Å². The number of Topliss-reactive ketones (excluding diaryl/α,β-unsaturated/α-hetero) is 1. The first-order valence-electron chi connectivity index (χ1n) is 7.58. The van der Waals surface area contributed by atoms with Gasteiger partial charge in [0.1, 0.15) is 11.0 Å². The SMILES string of the molecule is CCOC(=O)c1c(NC(=O)C(C)n2cc(Br)cn2)sc(C(C)=O)c1C. The van der Waals surface area contributed by atoms with Crippen LogP contribution in [0.5, 0.6) is 0 Å². The maximum Gasteiger partial charge on any atom is 0.341 e. The summed E-state index contributed by atoms with van der Waals surface area (Å²) in [6, 6.07) is -0.593. The summed E-state index contributed by atoms with van der Waals surface area (Å²) >= 11 is 4.35. The fourth-order valence-corrected chi connectivity index (χ4v) is 3.64. The Kier molecular flexibility index (Phi) is 6.12. The van der Waals surface area contributed by atoms with Gasteiger partial charge in [0.15, 0.2) is 5.78 Å². The maximum atomic E-state index is 12.5. The van der Waals surface area contributed by atoms with Crippen LogP contribution in [-0.4, -0.2) is 34.0 Å². The van der Waals surface area contributed by atoms with E-state index >= 15 is 0 Å². The topological polar surface area (TPSA) is 90.3 Å². The number of ketones is 1. The van der Waals surface area contributed by atoms with Crippen LogP contribution in [-0.2, 0) is 9.53 Å². The number of nitrogens with one attached hydrogen (secondary N) is 1. The van der Waals surface area contributed by atoms with Crippen LogP contribution in [0.1, 0.15) is 52.4 Å². The van der Waals surface area contributed by atoms with Gasteiger partial charge in [0.25, 0.3) is 0 Å². The Morgan fingerprint density at radius 2 is 2.12 bits per heavy atom. The van der Waals surface area contributed by atoms with Gasteiger partial charge in [0.05, 0.1) is 27.7 Å². The summed E-state index contributed by atoms with van der Waals surface area (Å²) in [6.45, 7) is 6.67. The van der Waals surface area contributed by atoms with E-state index in [0.29, 0.717) is 15.4 Å². The molecule has 2 rings (SSSR count). The number of carbonyl (C=O) groups is 3. The van der Waals surface area contributed by atoms with Crippen molar-refractivity contribution in [2.75, 3.05) is 11.9 Å². The van der Waals surface area contributed by atoms with Crippen molar-refractivity contribution in [2.24, 2.45) is 0 Å². The van der Waals surface area contributed by atoms with Crippen LogP contribution in [0.4, 0.5) is 5.00 Å². The molecule has 2 aromatic rings. The van der Waals surface area contributed by atoms with Gasteiger partial charge in [-0.2, -0.15) is 5.10 Å². The van der Waals surface area contributed by atoms with Crippen LogP contribution in [0.15, 0.2) is 16.9 Å². The van der Waals surface area contributed by atoms with E-state index < -0.39 is 12.0 Å². The molecule has 0 spiro atoms. The first-order valence-corrected chi connectivity index (χ1v) is 9.19. The number of rotatable bonds is 6. The number of esters is 1. The number of thiophene rings is 1. The normalized spacial score (nSPS) is 11.9. The Morgan fingerprint density at radius 1 is 1.44 bits per heavy atom. The van der Waals surface area contributed by atoms with Crippen molar-refractivity contribution in [1.29, 1.82) is 0 Å². The molecule has 1 atom stereocenters. The van der Waals surface area contributed by atoms with Crippen molar-refractivity contribution in [3.05, 3.63) is 32.9 Å². The lowest BCUT2D eigenvalue weighted by atomic mass is 10.1. The zero-order valence-electron chi connectivity index (χ0n) is 14.3. The van der Waals surface area contributed by atoms with Gasteiger partial charge in [-0.15, -0.1) is 11.3 Å². The van der Waals surface area contributed by atoms with Crippen molar-refractivity contribution < 1.29 is 19.1 Å². The van der Waals surface area contributed by atoms with Gasteiger partial charge in [0, 0.05) is 6.20 Å². The molecule has 25 heavy (non-hydrogen) atoms. The highest BCUT2D eigenvalue weighted by atomic mass is 79.9. The summed E-state index contributed by atoms with van der Waals surface area (Å²) in [4.78, 5) is 37.0. The number of aromatic nitrogens is 2. The predicted molar refractivity (Wildman–Crippen MR) is 98.3 cm³/mol. The molecule has 134 valence electrons. The van der Waals surface area contributed by atoms with Crippen molar-refractivity contribution in [3.63, 3.8) is 0 Å². The Morgan fingerprint density at radius 3 is 2.64 bits per heavy atom. The smallest absolute Gasteiger partial charge is 0.341 e. The number of amides is 1. The Balaban J connectivity index is 2.34. The van der Waals surface area contributed by atoms with E-state index in [0.717, 1.165) is 15.8 Å². The third kappa shape index (κ3) is 4.16. The van der Waals surface area contributed by atoms with Gasteiger partial charge >= 0.3 is 5.97 Å². The summed E-state index contributed by atoms with van der Waals surface area (Å²) in [6.07, 6.45) is 3.26. The monoisotopic (exact) mass is 427 g/mol. The van der Waals surface area contributed by atoms with Gasteiger partial charge in [-0.05, 0) is 49.2 Å². The molecule has 2 heterocycles. The average molecular weight is 428 g/mol. The molecule has 9 heteroatoms. The minimum absolute atomic E-state index is 0.169. The summed E-state index contributed by atoms with van der Waals surface area (Å²) in [7, 11) is 0. The third-order valence-corrected chi connectivity index (χ3v) is 5.25. The summed E-state index contributed by atoms with van der Waals surface area (Å²) in [5.74, 6) is -1.08. The Hall–Kier alpha value is -2.00. The van der Waals surface area contributed by atoms with Gasteiger partial charge in [-0.1, -0.05) is 0 Å². The number of hydrogen-bond donors (Lipinski definition) is 1. The van der Waals surface area contributed by atoms with E-state index in [-0.39, 0.29) is 23.9 Å². The molecule has 0 aliphatic carbocycles. The van der Waals surface area contributed by atoms with Gasteiger partial charge in [-0.25, -0.2) is 4.79 Å². The second-order valence-electron chi connectivity index (χ2n) is 5.34. The van der Waals surface area contributed by atoms with Gasteiger partial charge < -0.3 is 10.1 Å². The lowest BCUT2D eigenvalue weighted by molar-refractivity contribution is -0.119. The highest BCUT2D eigenvalue weighted by molar-refractivity contribution is 9.10. The van der Waals surface area contributed by atoms with Gasteiger partial charge in [-0.3, -0.25) is 14.3 Å². The molecule has 1 amide bonds. The van der Waals surface area contributed by atoms with Crippen molar-refractivity contribution in [2.45, 2.75) is 33.7 Å². The largest absolute Gasteiger partial charge is 0.462 e. The molecule has 0 saturated heterocycles. The molecule has 0 radical (unpaired) electrons. The second-order valence-corrected chi connectivity index (χ2v) is 7.28. The van der Waals surface area contributed by atoms with E-state index in [4.69, 9.17) is 4.74 Å². The predicted octanol–water partition coefficient (Wildman–Crippen LogP) is 3.59. The highest BCUT2D eigenvalue weighted by Gasteiger charge is 2.26. The van der Waals surface area contributed by atoms with E-state index in [9.17, 15) is 14.4 Å². The van der Waals surface area contributed by atoms with Gasteiger partial charge in [0.2, 0.25) is 5.91 Å². The molecular weight excluding hydrogens is 410 g/mol. The van der Waals surface area contributed by atoms with E-state index in [2.05, 4.69) is 26.3 Å². The molecular formula is C16H18BrN3O4S. The number of ether oxygens (including phenoxy) is 1. The van der Waals surface area contributed by atoms with Crippen LogP contribution in [0.2, 0.25) is 0 Å². The number of halogens is 1. The minimum atomic E-state index is -0.593. The number of anilines is 1. The average Bonchev–Trinajstić information content (AvgIpc) is 3.10. The zero-order chi connectivity index (χ0) is 18.7. The molecule has 0 saturated carbocycles. The highest BCUT2D eigenvalue weighted by Crippen LogP contribution is 2.34. The maximum absolute atomic E-state index is 12.5. The van der Waals surface area contributed by atoms with Crippen molar-refractivity contribution in [3.8, 4) is 0 Å². The molecule has 1 N–H and O–H groups in total. The fraction of sp³-hybridized carbons (Fsp3) is 0.375. The number of nitrogens with zero attached hydrogens (tertiary/aromatic N) is 2. The first kappa shape index (κ1) is 19.3. The molecule has 2 aromatic heterocycles. The standard InChI is InChI=1S/C16H18BrN3O4S/c1-5-24-16(23)12-8(2)13(10(4)21)25-15(12)19-14(22)9(3)20-7-11(17)6-18-20/h6-7,9H,5H2,1-4H3,(H,19,22). The summed E-state index contributed by atoms with van der Waals surface area (Å²) in [5, 5.41) is 7.12. The molecule has 0 aromatic carbocycles. The zero-order valence-corrected chi connectivity index (χ0v) is 16.7. The van der Waals surface area contributed by atoms with Crippen LogP contribution >= 0.6 is 27.3 Å². The second kappa shape index (κ2) is 7.92. The van der Waals surface area contributed by atoms with Crippen LogP contribution in [0.25, 0.3) is 0 Å². The summed E-state index contributed by atoms with van der Waals surface area (Å²) in [5.41, 5.74) is 0.736. The van der Waals surface area contributed by atoms with Crippen LogP contribution in [0, 0.1) is 6.92 Å². The Labute approximate surface area is 157 Å². The first-order chi connectivity index (χ1) is 11.8. The van der Waals surface area contributed by atoms with Crippen molar-refractivity contribution >= 4 is 49.9 Å². The lowest BCUT2D eigenvalue weighted by Gasteiger charge is -2.12. The minimum Gasteiger partial charge on any atom is -0.462 e. The van der Waals surface area contributed by atoms with E-state index in [1.807, 2.05) is 0 Å². The van der Waals surface area contributed by atoms with Crippen molar-refractivity contribution in [1.82, 2.24) is 9.78 Å².